The summed E-state index contributed by atoms with van der Waals surface area (Å²) in [6.07, 6.45) is 1.19. The first-order chi connectivity index (χ1) is 9.15. The molecule has 19 heavy (non-hydrogen) atoms. The van der Waals surface area contributed by atoms with Crippen molar-refractivity contribution in [3.05, 3.63) is 28.2 Å². The molecule has 4 heteroatoms. The molecule has 0 aromatic heterocycles. The maximum Gasteiger partial charge on any atom is 0.124 e. The number of hydrogen-bond acceptors (Lipinski definition) is 3. The molecular weight excluding hydrogens is 306 g/mol. The summed E-state index contributed by atoms with van der Waals surface area (Å²) >= 11 is 3.59. The Morgan fingerprint density at radius 3 is 3.00 bits per heavy atom. The lowest BCUT2D eigenvalue weighted by atomic mass is 10.2. The molecule has 1 heterocycles. The van der Waals surface area contributed by atoms with E-state index in [2.05, 4.69) is 47.2 Å². The molecule has 0 aliphatic carbocycles. The van der Waals surface area contributed by atoms with Gasteiger partial charge >= 0.3 is 0 Å². The van der Waals surface area contributed by atoms with Crippen LogP contribution in [0.1, 0.15) is 25.8 Å². The Morgan fingerprint density at radius 2 is 2.32 bits per heavy atom. The molecule has 0 radical (unpaired) electrons. The van der Waals surface area contributed by atoms with E-state index in [1.807, 2.05) is 6.07 Å². The van der Waals surface area contributed by atoms with Gasteiger partial charge in [0.05, 0.1) is 13.2 Å². The molecule has 1 aromatic rings. The monoisotopic (exact) mass is 327 g/mol. The minimum Gasteiger partial charge on any atom is -0.488 e. The molecule has 1 aliphatic rings. The second-order valence-electron chi connectivity index (χ2n) is 5.38. The second-order valence-corrected chi connectivity index (χ2v) is 6.24. The summed E-state index contributed by atoms with van der Waals surface area (Å²) in [6, 6.07) is 6.17. The van der Waals surface area contributed by atoms with Crippen LogP contribution in [0.2, 0.25) is 0 Å². The zero-order valence-corrected chi connectivity index (χ0v) is 13.2. The molecule has 1 saturated heterocycles. The minimum absolute atomic E-state index is 0.206. The normalized spacial score (nSPS) is 19.1. The number of hydrogen-bond donors (Lipinski definition) is 1. The summed E-state index contributed by atoms with van der Waals surface area (Å²) in [7, 11) is 0. The third-order valence-corrected chi connectivity index (χ3v) is 3.85. The van der Waals surface area contributed by atoms with Gasteiger partial charge in [0, 0.05) is 17.4 Å². The average molecular weight is 328 g/mol. The van der Waals surface area contributed by atoms with Crippen LogP contribution in [-0.4, -0.2) is 25.9 Å². The van der Waals surface area contributed by atoms with E-state index in [4.69, 9.17) is 9.47 Å². The van der Waals surface area contributed by atoms with Crippen LogP contribution in [0.5, 0.6) is 5.75 Å². The Kier molecular flexibility index (Phi) is 5.67. The molecule has 106 valence electrons. The molecule has 1 aromatic carbocycles. The van der Waals surface area contributed by atoms with Gasteiger partial charge in [-0.2, -0.15) is 0 Å². The summed E-state index contributed by atoms with van der Waals surface area (Å²) in [5.41, 5.74) is 1.23. The van der Waals surface area contributed by atoms with Gasteiger partial charge in [-0.3, -0.25) is 0 Å². The van der Waals surface area contributed by atoms with Gasteiger partial charge in [-0.25, -0.2) is 0 Å². The number of rotatable bonds is 6. The summed E-state index contributed by atoms with van der Waals surface area (Å²) < 4.78 is 12.4. The van der Waals surface area contributed by atoms with E-state index in [0.717, 1.165) is 36.3 Å². The van der Waals surface area contributed by atoms with Gasteiger partial charge < -0.3 is 14.8 Å². The minimum atomic E-state index is 0.206. The van der Waals surface area contributed by atoms with Crippen LogP contribution in [0.3, 0.4) is 0 Å². The fourth-order valence-corrected chi connectivity index (χ4v) is 2.44. The highest BCUT2D eigenvalue weighted by Gasteiger charge is 2.17. The van der Waals surface area contributed by atoms with Gasteiger partial charge in [0.15, 0.2) is 0 Å². The van der Waals surface area contributed by atoms with Crippen molar-refractivity contribution < 1.29 is 9.47 Å². The lowest BCUT2D eigenvalue weighted by Crippen LogP contribution is -2.19. The predicted molar refractivity (Wildman–Crippen MR) is 80.5 cm³/mol. The molecule has 3 nitrogen and oxygen atoms in total. The third-order valence-electron chi connectivity index (χ3n) is 3.08. The Balaban J connectivity index is 1.93. The number of ether oxygens (including phenoxy) is 2. The second kappa shape index (κ2) is 7.27. The molecule has 0 amide bonds. The van der Waals surface area contributed by atoms with Gasteiger partial charge in [0.1, 0.15) is 11.9 Å². The van der Waals surface area contributed by atoms with Crippen LogP contribution in [-0.2, 0) is 11.3 Å². The highest BCUT2D eigenvalue weighted by Crippen LogP contribution is 2.24. The van der Waals surface area contributed by atoms with Gasteiger partial charge in [-0.05, 0) is 36.2 Å². The first-order valence-corrected chi connectivity index (χ1v) is 7.68. The fraction of sp³-hybridized carbons (Fsp3) is 0.600. The van der Waals surface area contributed by atoms with Crippen LogP contribution in [0.25, 0.3) is 0 Å². The molecule has 1 atom stereocenters. The molecule has 1 N–H and O–H groups in total. The van der Waals surface area contributed by atoms with Crippen LogP contribution in [0, 0.1) is 5.92 Å². The van der Waals surface area contributed by atoms with Crippen LogP contribution < -0.4 is 10.1 Å². The van der Waals surface area contributed by atoms with Crippen molar-refractivity contribution in [2.45, 2.75) is 32.9 Å². The Morgan fingerprint density at radius 1 is 1.47 bits per heavy atom. The molecule has 1 fully saturated rings. The quantitative estimate of drug-likeness (QED) is 0.869. The molecule has 0 spiro atoms. The molecular formula is C15H22BrNO2. The zero-order chi connectivity index (χ0) is 13.7. The van der Waals surface area contributed by atoms with Crippen molar-refractivity contribution >= 4 is 15.9 Å². The lowest BCUT2D eigenvalue weighted by Gasteiger charge is -2.14. The first kappa shape index (κ1) is 14.8. The van der Waals surface area contributed by atoms with E-state index in [9.17, 15) is 0 Å². The highest BCUT2D eigenvalue weighted by atomic mass is 79.9. The topological polar surface area (TPSA) is 30.5 Å². The van der Waals surface area contributed by atoms with E-state index in [1.165, 1.54) is 5.56 Å². The summed E-state index contributed by atoms with van der Waals surface area (Å²) in [5, 5.41) is 3.45. The fourth-order valence-electron chi connectivity index (χ4n) is 2.05. The predicted octanol–water partition coefficient (Wildman–Crippen LogP) is 3.36. The largest absolute Gasteiger partial charge is 0.488 e. The summed E-state index contributed by atoms with van der Waals surface area (Å²) in [4.78, 5) is 0. The smallest absolute Gasteiger partial charge is 0.124 e. The molecule has 2 rings (SSSR count). The van der Waals surface area contributed by atoms with E-state index < -0.39 is 0 Å². The average Bonchev–Trinajstić information content (AvgIpc) is 2.85. The molecule has 1 unspecified atom stereocenters. The van der Waals surface area contributed by atoms with Gasteiger partial charge in [-0.1, -0.05) is 29.8 Å². The van der Waals surface area contributed by atoms with Gasteiger partial charge in [0.25, 0.3) is 0 Å². The van der Waals surface area contributed by atoms with Crippen molar-refractivity contribution in [3.8, 4) is 5.75 Å². The number of benzene rings is 1. The van der Waals surface area contributed by atoms with Crippen LogP contribution in [0.15, 0.2) is 22.7 Å². The molecule has 0 saturated carbocycles. The summed E-state index contributed by atoms with van der Waals surface area (Å²) in [6.45, 7) is 7.81. The Labute approximate surface area is 123 Å². The van der Waals surface area contributed by atoms with Crippen LogP contribution >= 0.6 is 15.9 Å². The highest BCUT2D eigenvalue weighted by molar-refractivity contribution is 9.10. The maximum atomic E-state index is 5.92. The molecule has 0 bridgehead atoms. The number of halogens is 1. The van der Waals surface area contributed by atoms with Crippen molar-refractivity contribution in [1.82, 2.24) is 5.32 Å². The van der Waals surface area contributed by atoms with Crippen LogP contribution in [0.4, 0.5) is 0 Å². The lowest BCUT2D eigenvalue weighted by molar-refractivity contribution is 0.141. The maximum absolute atomic E-state index is 5.92. The van der Waals surface area contributed by atoms with Crippen molar-refractivity contribution in [3.63, 3.8) is 0 Å². The van der Waals surface area contributed by atoms with E-state index in [-0.39, 0.29) is 6.10 Å². The standard InChI is InChI=1S/C15H22BrNO2/c1-11(2)8-17-9-12-7-13(3-4-15(12)16)19-14-5-6-18-10-14/h3-4,7,11,14,17H,5-6,8-10H2,1-2H3. The van der Waals surface area contributed by atoms with Crippen molar-refractivity contribution in [2.75, 3.05) is 19.8 Å². The van der Waals surface area contributed by atoms with E-state index in [0.29, 0.717) is 12.5 Å². The van der Waals surface area contributed by atoms with Gasteiger partial charge in [0.2, 0.25) is 0 Å². The number of nitrogens with one attached hydrogen (secondary N) is 1. The third kappa shape index (κ3) is 4.79. The zero-order valence-electron chi connectivity index (χ0n) is 11.6. The van der Waals surface area contributed by atoms with E-state index in [1.54, 1.807) is 0 Å². The van der Waals surface area contributed by atoms with E-state index >= 15 is 0 Å². The van der Waals surface area contributed by atoms with Crippen molar-refractivity contribution in [1.29, 1.82) is 0 Å². The van der Waals surface area contributed by atoms with Gasteiger partial charge in [-0.15, -0.1) is 0 Å². The SMILES string of the molecule is CC(C)CNCc1cc(OC2CCOC2)ccc1Br. The summed E-state index contributed by atoms with van der Waals surface area (Å²) in [5.74, 6) is 1.59. The molecule has 1 aliphatic heterocycles. The Bertz CT molecular complexity index is 403. The van der Waals surface area contributed by atoms with Crippen molar-refractivity contribution in [2.24, 2.45) is 5.92 Å². The Hall–Kier alpha value is -0.580. The first-order valence-electron chi connectivity index (χ1n) is 6.88.